The molecule has 0 saturated heterocycles. The average molecular weight is 300 g/mol. The molecule has 0 radical (unpaired) electrons. The zero-order valence-electron chi connectivity index (χ0n) is 12.4. The third-order valence-electron chi connectivity index (χ3n) is 2.90. The van der Waals surface area contributed by atoms with Gasteiger partial charge in [-0.05, 0) is 50.7 Å². The smallest absolute Gasteiger partial charge is 0.242 e. The predicted octanol–water partition coefficient (Wildman–Crippen LogP) is 1.71. The van der Waals surface area contributed by atoms with Crippen LogP contribution in [-0.2, 0) is 10.0 Å². The Morgan fingerprint density at radius 1 is 1.25 bits per heavy atom. The molecule has 0 unspecified atom stereocenters. The van der Waals surface area contributed by atoms with Gasteiger partial charge < -0.3 is 10.1 Å². The lowest BCUT2D eigenvalue weighted by Crippen LogP contribution is -2.29. The molecule has 0 spiro atoms. The van der Waals surface area contributed by atoms with Crippen LogP contribution in [-0.4, -0.2) is 46.5 Å². The second-order valence-electron chi connectivity index (χ2n) is 4.60. The molecule has 1 rings (SSSR count). The molecular weight excluding hydrogens is 276 g/mol. The number of nitrogens with one attached hydrogen (secondary N) is 1. The van der Waals surface area contributed by atoms with E-state index in [4.69, 9.17) is 4.74 Å². The van der Waals surface area contributed by atoms with Crippen molar-refractivity contribution in [2.75, 3.05) is 33.8 Å². The van der Waals surface area contributed by atoms with E-state index in [0.29, 0.717) is 23.8 Å². The van der Waals surface area contributed by atoms with Gasteiger partial charge in [-0.3, -0.25) is 0 Å². The van der Waals surface area contributed by atoms with E-state index < -0.39 is 10.0 Å². The van der Waals surface area contributed by atoms with E-state index in [1.807, 2.05) is 14.0 Å². The van der Waals surface area contributed by atoms with Crippen LogP contribution >= 0.6 is 0 Å². The maximum Gasteiger partial charge on any atom is 0.242 e. The minimum Gasteiger partial charge on any atom is -0.494 e. The topological polar surface area (TPSA) is 58.6 Å². The van der Waals surface area contributed by atoms with Crippen molar-refractivity contribution in [2.24, 2.45) is 0 Å². The van der Waals surface area contributed by atoms with Crippen LogP contribution in [0.25, 0.3) is 0 Å². The van der Waals surface area contributed by atoms with E-state index in [1.54, 1.807) is 31.3 Å². The molecule has 1 N–H and O–H groups in total. The third kappa shape index (κ3) is 4.77. The molecule has 0 aromatic heterocycles. The molecule has 0 aliphatic heterocycles. The van der Waals surface area contributed by atoms with Gasteiger partial charge in [0.25, 0.3) is 0 Å². The van der Waals surface area contributed by atoms with Gasteiger partial charge in [0.1, 0.15) is 5.75 Å². The first kappa shape index (κ1) is 16.9. The first-order chi connectivity index (χ1) is 9.52. The van der Waals surface area contributed by atoms with Gasteiger partial charge in [-0.25, -0.2) is 12.7 Å². The summed E-state index contributed by atoms with van der Waals surface area (Å²) in [6.45, 7) is 3.95. The Morgan fingerprint density at radius 2 is 1.90 bits per heavy atom. The Morgan fingerprint density at radius 3 is 2.45 bits per heavy atom. The Labute approximate surface area is 122 Å². The van der Waals surface area contributed by atoms with Crippen molar-refractivity contribution < 1.29 is 13.2 Å². The number of rotatable bonds is 9. The van der Waals surface area contributed by atoms with Crippen LogP contribution in [0.2, 0.25) is 0 Å². The van der Waals surface area contributed by atoms with Gasteiger partial charge in [-0.1, -0.05) is 6.92 Å². The Bertz CT molecular complexity index is 486. The van der Waals surface area contributed by atoms with Crippen LogP contribution in [0.5, 0.6) is 5.75 Å². The molecule has 0 aliphatic rings. The molecule has 0 bridgehead atoms. The van der Waals surface area contributed by atoms with Gasteiger partial charge in [0.05, 0.1) is 11.5 Å². The summed E-state index contributed by atoms with van der Waals surface area (Å²) in [7, 11) is 0.0477. The summed E-state index contributed by atoms with van der Waals surface area (Å²) in [6, 6.07) is 6.58. The number of nitrogens with zero attached hydrogens (tertiary/aromatic N) is 1. The van der Waals surface area contributed by atoms with Crippen LogP contribution in [0.4, 0.5) is 0 Å². The molecule has 0 saturated carbocycles. The molecule has 0 atom stereocenters. The zero-order chi connectivity index (χ0) is 15.0. The number of benzene rings is 1. The summed E-state index contributed by atoms with van der Waals surface area (Å²) in [5.74, 6) is 0.698. The van der Waals surface area contributed by atoms with E-state index in [0.717, 1.165) is 19.4 Å². The lowest BCUT2D eigenvalue weighted by atomic mass is 10.3. The van der Waals surface area contributed by atoms with Crippen molar-refractivity contribution >= 4 is 10.0 Å². The van der Waals surface area contributed by atoms with Crippen LogP contribution in [0.3, 0.4) is 0 Å². The quantitative estimate of drug-likeness (QED) is 0.705. The van der Waals surface area contributed by atoms with Gasteiger partial charge in [-0.15, -0.1) is 0 Å². The fraction of sp³-hybridized carbons (Fsp3) is 0.571. The first-order valence-corrected chi connectivity index (χ1v) is 8.30. The number of ether oxygens (including phenoxy) is 1. The van der Waals surface area contributed by atoms with Crippen LogP contribution < -0.4 is 10.1 Å². The number of sulfonamides is 1. The molecule has 0 fully saturated rings. The summed E-state index contributed by atoms with van der Waals surface area (Å²) in [5, 5.41) is 3.00. The monoisotopic (exact) mass is 300 g/mol. The molecule has 1 aromatic carbocycles. The van der Waals surface area contributed by atoms with E-state index in [2.05, 4.69) is 5.32 Å². The minimum atomic E-state index is -3.41. The lowest BCUT2D eigenvalue weighted by molar-refractivity contribution is 0.317. The highest BCUT2D eigenvalue weighted by atomic mass is 32.2. The maximum atomic E-state index is 12.3. The van der Waals surface area contributed by atoms with Crippen LogP contribution in [0.1, 0.15) is 19.8 Å². The SMILES string of the molecule is CCCOc1ccc(S(=O)(=O)N(C)CCCNC)cc1. The lowest BCUT2D eigenvalue weighted by Gasteiger charge is -2.17. The Kier molecular flexibility index (Phi) is 6.98. The molecule has 20 heavy (non-hydrogen) atoms. The van der Waals surface area contributed by atoms with Crippen molar-refractivity contribution in [2.45, 2.75) is 24.7 Å². The van der Waals surface area contributed by atoms with Crippen molar-refractivity contribution in [3.05, 3.63) is 24.3 Å². The molecular formula is C14H24N2O3S. The largest absolute Gasteiger partial charge is 0.494 e. The molecule has 114 valence electrons. The van der Waals surface area contributed by atoms with Gasteiger partial charge >= 0.3 is 0 Å². The normalized spacial score (nSPS) is 11.8. The molecule has 0 amide bonds. The summed E-state index contributed by atoms with van der Waals surface area (Å²) >= 11 is 0. The first-order valence-electron chi connectivity index (χ1n) is 6.86. The highest BCUT2D eigenvalue weighted by Crippen LogP contribution is 2.19. The van der Waals surface area contributed by atoms with Crippen molar-refractivity contribution in [3.8, 4) is 5.75 Å². The molecule has 0 heterocycles. The van der Waals surface area contributed by atoms with Gasteiger partial charge in [-0.2, -0.15) is 0 Å². The van der Waals surface area contributed by atoms with E-state index in [1.165, 1.54) is 4.31 Å². The Balaban J connectivity index is 2.71. The van der Waals surface area contributed by atoms with Crippen molar-refractivity contribution in [1.82, 2.24) is 9.62 Å². The Hall–Kier alpha value is -1.11. The maximum absolute atomic E-state index is 12.3. The van der Waals surface area contributed by atoms with E-state index in [-0.39, 0.29) is 0 Å². The van der Waals surface area contributed by atoms with Crippen LogP contribution in [0, 0.1) is 0 Å². The van der Waals surface area contributed by atoms with E-state index in [9.17, 15) is 8.42 Å². The predicted molar refractivity (Wildman–Crippen MR) is 80.6 cm³/mol. The second kappa shape index (κ2) is 8.24. The molecule has 6 heteroatoms. The van der Waals surface area contributed by atoms with Gasteiger partial charge in [0, 0.05) is 13.6 Å². The number of hydrogen-bond donors (Lipinski definition) is 1. The standard InChI is InChI=1S/C14H24N2O3S/c1-4-12-19-13-6-8-14(9-7-13)20(17,18)16(3)11-5-10-15-2/h6-9,15H,4-5,10-12H2,1-3H3. The highest BCUT2D eigenvalue weighted by Gasteiger charge is 2.19. The summed E-state index contributed by atoms with van der Waals surface area (Å²) in [5.41, 5.74) is 0. The summed E-state index contributed by atoms with van der Waals surface area (Å²) < 4.78 is 31.5. The van der Waals surface area contributed by atoms with Gasteiger partial charge in [0.2, 0.25) is 10.0 Å². The van der Waals surface area contributed by atoms with Crippen LogP contribution in [0.15, 0.2) is 29.2 Å². The van der Waals surface area contributed by atoms with Crippen molar-refractivity contribution in [3.63, 3.8) is 0 Å². The van der Waals surface area contributed by atoms with Crippen molar-refractivity contribution in [1.29, 1.82) is 0 Å². The zero-order valence-corrected chi connectivity index (χ0v) is 13.2. The molecule has 1 aromatic rings. The highest BCUT2D eigenvalue weighted by molar-refractivity contribution is 7.89. The summed E-state index contributed by atoms with van der Waals surface area (Å²) in [4.78, 5) is 0.299. The number of hydrogen-bond acceptors (Lipinski definition) is 4. The average Bonchev–Trinajstić information content (AvgIpc) is 2.45. The fourth-order valence-electron chi connectivity index (χ4n) is 1.71. The van der Waals surface area contributed by atoms with E-state index >= 15 is 0 Å². The minimum absolute atomic E-state index is 0.299. The third-order valence-corrected chi connectivity index (χ3v) is 4.78. The summed E-state index contributed by atoms with van der Waals surface area (Å²) in [6.07, 6.45) is 1.71. The van der Waals surface area contributed by atoms with Gasteiger partial charge in [0.15, 0.2) is 0 Å². The second-order valence-corrected chi connectivity index (χ2v) is 6.65. The molecule has 5 nitrogen and oxygen atoms in total. The fourth-order valence-corrected chi connectivity index (χ4v) is 2.92. The molecule has 0 aliphatic carbocycles.